The molecule has 0 fully saturated rings. The van der Waals surface area contributed by atoms with E-state index in [-0.39, 0.29) is 19.0 Å². The molecule has 0 unspecified atom stereocenters. The predicted octanol–water partition coefficient (Wildman–Crippen LogP) is 1.48. The molecule has 19 heavy (non-hydrogen) atoms. The Labute approximate surface area is 112 Å². The van der Waals surface area contributed by atoms with Crippen LogP contribution in [0.5, 0.6) is 0 Å². The zero-order valence-electron chi connectivity index (χ0n) is 11.5. The van der Waals surface area contributed by atoms with Crippen LogP contribution in [0.15, 0.2) is 18.2 Å². The number of carboxylic acid groups (broad SMARTS) is 1. The maximum atomic E-state index is 12.4. The number of benzene rings is 1. The van der Waals surface area contributed by atoms with E-state index in [0.717, 1.165) is 11.1 Å². The van der Waals surface area contributed by atoms with Crippen LogP contribution in [-0.4, -0.2) is 48.7 Å². The molecule has 0 radical (unpaired) electrons. The highest BCUT2D eigenvalue weighted by Crippen LogP contribution is 2.15. The van der Waals surface area contributed by atoms with Gasteiger partial charge in [-0.05, 0) is 31.0 Å². The Morgan fingerprint density at radius 2 is 2.00 bits per heavy atom. The van der Waals surface area contributed by atoms with Gasteiger partial charge in [0, 0.05) is 19.2 Å². The summed E-state index contributed by atoms with van der Waals surface area (Å²) in [6.07, 6.45) is 0. The van der Waals surface area contributed by atoms with Crippen LogP contribution >= 0.6 is 0 Å². The summed E-state index contributed by atoms with van der Waals surface area (Å²) >= 11 is 0. The van der Waals surface area contributed by atoms with Crippen LogP contribution < -0.4 is 0 Å². The zero-order chi connectivity index (χ0) is 14.4. The van der Waals surface area contributed by atoms with Gasteiger partial charge in [-0.2, -0.15) is 0 Å². The average Bonchev–Trinajstić information content (AvgIpc) is 2.36. The quantitative estimate of drug-likeness (QED) is 0.846. The minimum Gasteiger partial charge on any atom is -0.480 e. The lowest BCUT2D eigenvalue weighted by atomic mass is 10.0. The van der Waals surface area contributed by atoms with Gasteiger partial charge in [0.25, 0.3) is 5.91 Å². The molecule has 0 aliphatic carbocycles. The number of methoxy groups -OCH3 is 1. The van der Waals surface area contributed by atoms with Crippen LogP contribution in [0.2, 0.25) is 0 Å². The molecule has 1 amide bonds. The molecule has 104 valence electrons. The average molecular weight is 265 g/mol. The summed E-state index contributed by atoms with van der Waals surface area (Å²) in [5.74, 6) is -1.31. The molecule has 1 N–H and O–H groups in total. The Balaban J connectivity index is 2.97. The Bertz CT molecular complexity index is 471. The fourth-order valence-corrected chi connectivity index (χ4v) is 1.77. The summed E-state index contributed by atoms with van der Waals surface area (Å²) in [6.45, 7) is 4.02. The smallest absolute Gasteiger partial charge is 0.323 e. The minimum atomic E-state index is -1.03. The van der Waals surface area contributed by atoms with Crippen molar-refractivity contribution in [2.24, 2.45) is 0 Å². The van der Waals surface area contributed by atoms with Crippen LogP contribution in [0.1, 0.15) is 21.5 Å². The zero-order valence-corrected chi connectivity index (χ0v) is 11.5. The minimum absolute atomic E-state index is 0.259. The maximum absolute atomic E-state index is 12.4. The molecule has 0 saturated carbocycles. The van der Waals surface area contributed by atoms with Gasteiger partial charge < -0.3 is 14.7 Å². The Morgan fingerprint density at radius 3 is 2.58 bits per heavy atom. The van der Waals surface area contributed by atoms with Gasteiger partial charge in [-0.15, -0.1) is 0 Å². The number of ether oxygens (including phenoxy) is 1. The van der Waals surface area contributed by atoms with Crippen molar-refractivity contribution in [2.45, 2.75) is 13.8 Å². The number of amides is 1. The number of hydrogen-bond acceptors (Lipinski definition) is 3. The fraction of sp³-hybridized carbons (Fsp3) is 0.429. The normalized spacial score (nSPS) is 10.3. The second-order valence-corrected chi connectivity index (χ2v) is 4.36. The van der Waals surface area contributed by atoms with Gasteiger partial charge >= 0.3 is 5.97 Å². The molecule has 0 aromatic heterocycles. The number of aliphatic carboxylic acids is 1. The lowest BCUT2D eigenvalue weighted by molar-refractivity contribution is -0.137. The molecule has 5 nitrogen and oxygen atoms in total. The molecule has 0 bridgehead atoms. The Kier molecular flexibility index (Phi) is 5.51. The third-order valence-corrected chi connectivity index (χ3v) is 3.01. The number of carbonyl (C=O) groups excluding carboxylic acids is 1. The monoisotopic (exact) mass is 265 g/mol. The highest BCUT2D eigenvalue weighted by molar-refractivity contribution is 5.97. The highest BCUT2D eigenvalue weighted by Gasteiger charge is 2.20. The van der Waals surface area contributed by atoms with E-state index in [0.29, 0.717) is 12.2 Å². The summed E-state index contributed by atoms with van der Waals surface area (Å²) in [6, 6.07) is 5.43. The van der Waals surface area contributed by atoms with Gasteiger partial charge in [-0.1, -0.05) is 12.1 Å². The van der Waals surface area contributed by atoms with Crippen molar-refractivity contribution in [2.75, 3.05) is 26.8 Å². The van der Waals surface area contributed by atoms with Crippen molar-refractivity contribution in [3.8, 4) is 0 Å². The van der Waals surface area contributed by atoms with E-state index in [2.05, 4.69) is 0 Å². The van der Waals surface area contributed by atoms with Crippen molar-refractivity contribution < 1.29 is 19.4 Å². The molecular weight excluding hydrogens is 246 g/mol. The number of rotatable bonds is 6. The van der Waals surface area contributed by atoms with E-state index in [4.69, 9.17) is 9.84 Å². The molecule has 5 heteroatoms. The van der Waals surface area contributed by atoms with Gasteiger partial charge in [0.1, 0.15) is 6.54 Å². The molecule has 0 spiro atoms. The van der Waals surface area contributed by atoms with Gasteiger partial charge in [0.05, 0.1) is 6.61 Å². The molecule has 1 aromatic rings. The summed E-state index contributed by atoms with van der Waals surface area (Å²) in [4.78, 5) is 24.5. The number of carbonyl (C=O) groups is 2. The first kappa shape index (κ1) is 15.2. The SMILES string of the molecule is COCCN(CC(=O)O)C(=O)c1cccc(C)c1C. The van der Waals surface area contributed by atoms with Crippen LogP contribution in [0.25, 0.3) is 0 Å². The second-order valence-electron chi connectivity index (χ2n) is 4.36. The second kappa shape index (κ2) is 6.89. The van der Waals surface area contributed by atoms with Crippen molar-refractivity contribution in [1.82, 2.24) is 4.90 Å². The molecule has 0 heterocycles. The van der Waals surface area contributed by atoms with E-state index in [9.17, 15) is 9.59 Å². The summed E-state index contributed by atoms with van der Waals surface area (Å²) in [5, 5.41) is 8.87. The lowest BCUT2D eigenvalue weighted by Gasteiger charge is -2.21. The standard InChI is InChI=1S/C14H19NO4/c1-10-5-4-6-12(11(10)2)14(18)15(7-8-19-3)9-13(16)17/h4-6H,7-9H2,1-3H3,(H,16,17). The molecule has 0 atom stereocenters. The molecule has 1 aromatic carbocycles. The van der Waals surface area contributed by atoms with E-state index < -0.39 is 5.97 Å². The topological polar surface area (TPSA) is 66.8 Å². The fourth-order valence-electron chi connectivity index (χ4n) is 1.77. The number of nitrogens with zero attached hydrogens (tertiary/aromatic N) is 1. The molecule has 1 rings (SSSR count). The third kappa shape index (κ3) is 4.06. The first-order valence-electron chi connectivity index (χ1n) is 6.03. The first-order valence-corrected chi connectivity index (χ1v) is 6.03. The van der Waals surface area contributed by atoms with Gasteiger partial charge in [0.15, 0.2) is 0 Å². The molecule has 0 aliphatic heterocycles. The van der Waals surface area contributed by atoms with Gasteiger partial charge in [0.2, 0.25) is 0 Å². The third-order valence-electron chi connectivity index (χ3n) is 3.01. The van der Waals surface area contributed by atoms with Crippen LogP contribution in [-0.2, 0) is 9.53 Å². The molecule has 0 saturated heterocycles. The van der Waals surface area contributed by atoms with Crippen molar-refractivity contribution in [3.05, 3.63) is 34.9 Å². The first-order chi connectivity index (χ1) is 8.97. The lowest BCUT2D eigenvalue weighted by Crippen LogP contribution is -2.38. The molecule has 0 aliphatic rings. The summed E-state index contributed by atoms with van der Waals surface area (Å²) in [5.41, 5.74) is 2.42. The van der Waals surface area contributed by atoms with E-state index >= 15 is 0 Å². The van der Waals surface area contributed by atoms with Crippen LogP contribution in [0.4, 0.5) is 0 Å². The number of aryl methyl sites for hydroxylation is 1. The van der Waals surface area contributed by atoms with Gasteiger partial charge in [-0.3, -0.25) is 9.59 Å². The Hall–Kier alpha value is -1.88. The predicted molar refractivity (Wildman–Crippen MR) is 71.3 cm³/mol. The molecular formula is C14H19NO4. The number of carboxylic acids is 1. The van der Waals surface area contributed by atoms with Gasteiger partial charge in [-0.25, -0.2) is 0 Å². The van der Waals surface area contributed by atoms with E-state index in [1.54, 1.807) is 12.1 Å². The van der Waals surface area contributed by atoms with Crippen molar-refractivity contribution >= 4 is 11.9 Å². The maximum Gasteiger partial charge on any atom is 0.323 e. The Morgan fingerprint density at radius 1 is 1.32 bits per heavy atom. The summed E-state index contributed by atoms with van der Waals surface area (Å²) in [7, 11) is 1.52. The number of hydrogen-bond donors (Lipinski definition) is 1. The van der Waals surface area contributed by atoms with Crippen LogP contribution in [0, 0.1) is 13.8 Å². The summed E-state index contributed by atoms with van der Waals surface area (Å²) < 4.78 is 4.91. The van der Waals surface area contributed by atoms with E-state index in [1.807, 2.05) is 19.9 Å². The van der Waals surface area contributed by atoms with Crippen molar-refractivity contribution in [3.63, 3.8) is 0 Å². The highest BCUT2D eigenvalue weighted by atomic mass is 16.5. The van der Waals surface area contributed by atoms with E-state index in [1.165, 1.54) is 12.0 Å². The largest absolute Gasteiger partial charge is 0.480 e. The van der Waals surface area contributed by atoms with Crippen LogP contribution in [0.3, 0.4) is 0 Å². The van der Waals surface area contributed by atoms with Crippen molar-refractivity contribution in [1.29, 1.82) is 0 Å².